The molecule has 0 spiro atoms. The Bertz CT molecular complexity index is 766. The normalized spacial score (nSPS) is 15.9. The first-order chi connectivity index (χ1) is 12.8. The third-order valence-corrected chi connectivity index (χ3v) is 5.53. The van der Waals surface area contributed by atoms with Gasteiger partial charge in [-0.25, -0.2) is 8.42 Å². The summed E-state index contributed by atoms with van der Waals surface area (Å²) in [5.74, 6) is 1.03. The fourth-order valence-corrected chi connectivity index (χ4v) is 3.71. The first-order valence-corrected chi connectivity index (χ1v) is 11.3. The molecule has 7 nitrogen and oxygen atoms in total. The van der Waals surface area contributed by atoms with Gasteiger partial charge in [-0.15, -0.1) is 24.0 Å². The number of amides is 1. The number of aliphatic imine (C=N–C) groups is 1. The highest BCUT2D eigenvalue weighted by molar-refractivity contribution is 14.0. The van der Waals surface area contributed by atoms with Gasteiger partial charge in [-0.05, 0) is 30.9 Å². The molecule has 1 aromatic carbocycles. The van der Waals surface area contributed by atoms with Gasteiger partial charge < -0.3 is 15.5 Å². The molecule has 1 unspecified atom stereocenters. The van der Waals surface area contributed by atoms with Gasteiger partial charge in [0.1, 0.15) is 9.84 Å². The predicted octanol–water partition coefficient (Wildman–Crippen LogP) is 1.92. The zero-order valence-electron chi connectivity index (χ0n) is 16.8. The Morgan fingerprint density at radius 1 is 1.25 bits per heavy atom. The number of hydrogen-bond donors (Lipinski definition) is 2. The quantitative estimate of drug-likeness (QED) is 0.309. The predicted molar refractivity (Wildman–Crippen MR) is 124 cm³/mol. The molecular weight excluding hydrogens is 491 g/mol. The molecule has 1 atom stereocenters. The molecule has 1 saturated heterocycles. The molecule has 1 amide bonds. The molecule has 2 N–H and O–H groups in total. The third-order valence-electron chi connectivity index (χ3n) is 4.56. The lowest BCUT2D eigenvalue weighted by Crippen LogP contribution is -2.42. The van der Waals surface area contributed by atoms with Crippen LogP contribution >= 0.6 is 24.0 Å². The number of carbonyl (C=O) groups excluding carboxylic acids is 1. The van der Waals surface area contributed by atoms with Gasteiger partial charge in [-0.2, -0.15) is 0 Å². The van der Waals surface area contributed by atoms with Crippen molar-refractivity contribution in [3.63, 3.8) is 0 Å². The Morgan fingerprint density at radius 2 is 1.89 bits per heavy atom. The van der Waals surface area contributed by atoms with E-state index in [2.05, 4.69) is 15.6 Å². The van der Waals surface area contributed by atoms with E-state index < -0.39 is 9.84 Å². The van der Waals surface area contributed by atoms with Crippen molar-refractivity contribution >= 4 is 45.7 Å². The van der Waals surface area contributed by atoms with Crippen molar-refractivity contribution in [1.82, 2.24) is 15.5 Å². The summed E-state index contributed by atoms with van der Waals surface area (Å²) in [6.45, 7) is 4.07. The summed E-state index contributed by atoms with van der Waals surface area (Å²) >= 11 is 0. The monoisotopic (exact) mass is 522 g/mol. The van der Waals surface area contributed by atoms with Gasteiger partial charge in [0.15, 0.2) is 5.96 Å². The Hall–Kier alpha value is -1.36. The van der Waals surface area contributed by atoms with Crippen LogP contribution in [0.2, 0.25) is 0 Å². The summed E-state index contributed by atoms with van der Waals surface area (Å²) in [4.78, 5) is 17.8. The smallest absolute Gasteiger partial charge is 0.222 e. The molecule has 2 rings (SSSR count). The van der Waals surface area contributed by atoms with Crippen LogP contribution in [0.3, 0.4) is 0 Å². The van der Waals surface area contributed by atoms with Crippen molar-refractivity contribution in [3.05, 3.63) is 35.4 Å². The molecule has 1 aliphatic rings. The van der Waals surface area contributed by atoms with Gasteiger partial charge in [-0.3, -0.25) is 9.79 Å². The summed E-state index contributed by atoms with van der Waals surface area (Å²) in [5, 5.41) is 6.44. The highest BCUT2D eigenvalue weighted by Gasteiger charge is 2.19. The van der Waals surface area contributed by atoms with E-state index in [0.29, 0.717) is 31.9 Å². The molecular formula is C19H31IN4O3S. The SMILES string of the molecule is CN=C(NCc1ccc(CN2CCCC2=O)cc1)NC(C)CCS(C)(=O)=O.I. The van der Waals surface area contributed by atoms with Crippen molar-refractivity contribution in [2.24, 2.45) is 4.99 Å². The second-order valence-electron chi connectivity index (χ2n) is 7.13. The number of halogens is 1. The van der Waals surface area contributed by atoms with Crippen LogP contribution in [-0.4, -0.2) is 56.8 Å². The maximum atomic E-state index is 11.7. The molecule has 0 aromatic heterocycles. The summed E-state index contributed by atoms with van der Waals surface area (Å²) in [7, 11) is -1.27. The number of hydrogen-bond acceptors (Lipinski definition) is 4. The second-order valence-corrected chi connectivity index (χ2v) is 9.38. The van der Waals surface area contributed by atoms with Crippen LogP contribution < -0.4 is 10.6 Å². The third kappa shape index (κ3) is 8.76. The summed E-state index contributed by atoms with van der Waals surface area (Å²) in [6, 6.07) is 8.19. The summed E-state index contributed by atoms with van der Waals surface area (Å²) < 4.78 is 22.5. The lowest BCUT2D eigenvalue weighted by Gasteiger charge is -2.18. The zero-order valence-corrected chi connectivity index (χ0v) is 19.9. The van der Waals surface area contributed by atoms with Gasteiger partial charge >= 0.3 is 0 Å². The van der Waals surface area contributed by atoms with Crippen molar-refractivity contribution in [1.29, 1.82) is 0 Å². The number of guanidine groups is 1. The highest BCUT2D eigenvalue weighted by atomic mass is 127. The van der Waals surface area contributed by atoms with E-state index in [1.807, 2.05) is 36.1 Å². The lowest BCUT2D eigenvalue weighted by molar-refractivity contribution is -0.128. The van der Waals surface area contributed by atoms with Gasteiger partial charge in [0.05, 0.1) is 5.75 Å². The van der Waals surface area contributed by atoms with E-state index in [0.717, 1.165) is 24.1 Å². The first-order valence-electron chi connectivity index (χ1n) is 9.27. The van der Waals surface area contributed by atoms with E-state index >= 15 is 0 Å². The minimum Gasteiger partial charge on any atom is -0.354 e. The molecule has 1 fully saturated rings. The number of likely N-dealkylation sites (tertiary alicyclic amines) is 1. The average molecular weight is 522 g/mol. The molecule has 0 aliphatic carbocycles. The van der Waals surface area contributed by atoms with Gasteiger partial charge in [0, 0.05) is 45.4 Å². The fourth-order valence-electron chi connectivity index (χ4n) is 2.93. The molecule has 0 saturated carbocycles. The summed E-state index contributed by atoms with van der Waals surface area (Å²) in [6.07, 6.45) is 3.39. The molecule has 28 heavy (non-hydrogen) atoms. The number of benzene rings is 1. The van der Waals surface area contributed by atoms with E-state index in [-0.39, 0.29) is 41.7 Å². The zero-order chi connectivity index (χ0) is 19.9. The number of nitrogens with zero attached hydrogens (tertiary/aromatic N) is 2. The molecule has 1 heterocycles. The van der Waals surface area contributed by atoms with Crippen LogP contribution in [0.1, 0.15) is 37.3 Å². The Balaban J connectivity index is 0.00000392. The Labute approximate surface area is 185 Å². The van der Waals surface area contributed by atoms with E-state index in [1.54, 1.807) is 7.05 Å². The van der Waals surface area contributed by atoms with E-state index in [4.69, 9.17) is 0 Å². The molecule has 158 valence electrons. The van der Waals surface area contributed by atoms with Gasteiger partial charge in [0.2, 0.25) is 5.91 Å². The molecule has 9 heteroatoms. The second kappa shape index (κ2) is 11.6. The number of rotatable bonds is 8. The van der Waals surface area contributed by atoms with Crippen LogP contribution in [0, 0.1) is 0 Å². The van der Waals surface area contributed by atoms with Crippen LogP contribution in [0.4, 0.5) is 0 Å². The topological polar surface area (TPSA) is 90.9 Å². The van der Waals surface area contributed by atoms with Crippen LogP contribution in [-0.2, 0) is 27.7 Å². The van der Waals surface area contributed by atoms with Crippen molar-refractivity contribution in [3.8, 4) is 0 Å². The lowest BCUT2D eigenvalue weighted by atomic mass is 10.1. The van der Waals surface area contributed by atoms with Crippen LogP contribution in [0.25, 0.3) is 0 Å². The number of carbonyl (C=O) groups is 1. The number of nitrogens with one attached hydrogen (secondary N) is 2. The molecule has 0 bridgehead atoms. The van der Waals surface area contributed by atoms with Gasteiger partial charge in [0.25, 0.3) is 0 Å². The highest BCUT2D eigenvalue weighted by Crippen LogP contribution is 2.14. The maximum absolute atomic E-state index is 11.7. The molecule has 1 aromatic rings. The Kier molecular flexibility index (Phi) is 10.2. The average Bonchev–Trinajstić information content (AvgIpc) is 3.02. The first kappa shape index (κ1) is 24.7. The van der Waals surface area contributed by atoms with E-state index in [1.165, 1.54) is 6.26 Å². The van der Waals surface area contributed by atoms with Crippen LogP contribution in [0.15, 0.2) is 29.3 Å². The number of sulfone groups is 1. The van der Waals surface area contributed by atoms with Gasteiger partial charge in [-0.1, -0.05) is 24.3 Å². The van der Waals surface area contributed by atoms with Crippen molar-refractivity contribution in [2.45, 2.75) is 45.3 Å². The minimum absolute atomic E-state index is 0. The maximum Gasteiger partial charge on any atom is 0.222 e. The van der Waals surface area contributed by atoms with Crippen molar-refractivity contribution < 1.29 is 13.2 Å². The molecule has 0 radical (unpaired) electrons. The molecule has 1 aliphatic heterocycles. The minimum atomic E-state index is -2.96. The Morgan fingerprint density at radius 3 is 2.43 bits per heavy atom. The van der Waals surface area contributed by atoms with Crippen molar-refractivity contribution in [2.75, 3.05) is 25.6 Å². The van der Waals surface area contributed by atoms with Crippen LogP contribution in [0.5, 0.6) is 0 Å². The fraction of sp³-hybridized carbons (Fsp3) is 0.579. The van der Waals surface area contributed by atoms with E-state index in [9.17, 15) is 13.2 Å². The largest absolute Gasteiger partial charge is 0.354 e. The standard InChI is InChI=1S/C19H30N4O3S.HI/c1-15(10-12-27(3,25)26)22-19(20-2)21-13-16-6-8-17(9-7-16)14-23-11-4-5-18(23)24;/h6-9,15H,4-5,10-14H2,1-3H3,(H2,20,21,22);1H. The summed E-state index contributed by atoms with van der Waals surface area (Å²) in [5.41, 5.74) is 2.24.